The van der Waals surface area contributed by atoms with E-state index in [2.05, 4.69) is 4.98 Å². The number of fused-ring (bicyclic) bond motifs is 1. The number of aromatic amines is 1. The number of benzene rings is 1. The highest BCUT2D eigenvalue weighted by Gasteiger charge is 2.36. The Morgan fingerprint density at radius 2 is 1.95 bits per heavy atom. The summed E-state index contributed by atoms with van der Waals surface area (Å²) in [6.45, 7) is 1.89. The van der Waals surface area contributed by atoms with Crippen LogP contribution in [0.2, 0.25) is 0 Å². The van der Waals surface area contributed by atoms with Crippen molar-refractivity contribution in [2.24, 2.45) is 5.73 Å². The fourth-order valence-corrected chi connectivity index (χ4v) is 4.71. The van der Waals surface area contributed by atoms with E-state index in [4.69, 9.17) is 5.73 Å². The average molecular weight is 323 g/mol. The predicted octanol–water partition coefficient (Wildman–Crippen LogP) is 0.352. The monoisotopic (exact) mass is 323 g/mol. The van der Waals surface area contributed by atoms with Crippen LogP contribution in [0.1, 0.15) is 30.1 Å². The third-order valence-corrected chi connectivity index (χ3v) is 6.06. The number of nitrogens with one attached hydrogen (secondary N) is 1. The fraction of sp³-hybridized carbons (Fsp3) is 0.429. The van der Waals surface area contributed by atoms with Gasteiger partial charge in [0.15, 0.2) is 0 Å². The normalized spacial score (nSPS) is 20.0. The molecule has 1 saturated heterocycles. The lowest BCUT2D eigenvalue weighted by atomic mass is 9.94. The fourth-order valence-electron chi connectivity index (χ4n) is 3.00. The number of carbonyl (C=O) groups is 1. The van der Waals surface area contributed by atoms with Crippen LogP contribution in [0.4, 0.5) is 0 Å². The van der Waals surface area contributed by atoms with Crippen molar-refractivity contribution < 1.29 is 13.2 Å². The Balaban J connectivity index is 2.13. The number of carbonyl (C=O) groups excluding carboxylic acids is 1. The van der Waals surface area contributed by atoms with Crippen molar-refractivity contribution in [3.63, 3.8) is 0 Å². The van der Waals surface area contributed by atoms with E-state index in [0.717, 1.165) is 0 Å². The first-order chi connectivity index (χ1) is 10.2. The van der Waals surface area contributed by atoms with Gasteiger partial charge in [-0.2, -0.15) is 0 Å². The Bertz CT molecular complexity index is 909. The summed E-state index contributed by atoms with van der Waals surface area (Å²) < 4.78 is 24.9. The van der Waals surface area contributed by atoms with Gasteiger partial charge in [0.2, 0.25) is 5.91 Å². The van der Waals surface area contributed by atoms with Gasteiger partial charge in [-0.25, -0.2) is 13.2 Å². The quantitative estimate of drug-likeness (QED) is 0.829. The van der Waals surface area contributed by atoms with E-state index in [1.807, 2.05) is 6.92 Å². The number of H-pyrrole nitrogens is 1. The molecule has 1 aromatic heterocycles. The third-order valence-electron chi connectivity index (χ3n) is 4.41. The smallest absolute Gasteiger partial charge is 0.326 e. The van der Waals surface area contributed by atoms with Gasteiger partial charge in [0.1, 0.15) is 9.84 Å². The van der Waals surface area contributed by atoms with Crippen molar-refractivity contribution in [3.05, 3.63) is 34.2 Å². The number of imidazole rings is 1. The molecule has 1 aliphatic rings. The molecule has 3 rings (SSSR count). The number of aromatic nitrogens is 2. The number of rotatable bonds is 2. The van der Waals surface area contributed by atoms with Crippen molar-refractivity contribution in [2.75, 3.05) is 11.5 Å². The number of primary amides is 1. The van der Waals surface area contributed by atoms with E-state index in [-0.39, 0.29) is 17.2 Å². The van der Waals surface area contributed by atoms with E-state index in [9.17, 15) is 18.0 Å². The zero-order chi connectivity index (χ0) is 16.1. The molecule has 22 heavy (non-hydrogen) atoms. The molecule has 118 valence electrons. The van der Waals surface area contributed by atoms with Crippen LogP contribution in [0.5, 0.6) is 0 Å². The van der Waals surface area contributed by atoms with Gasteiger partial charge in [-0.3, -0.25) is 9.36 Å². The number of amides is 1. The third kappa shape index (κ3) is 2.33. The summed E-state index contributed by atoms with van der Waals surface area (Å²) in [6.07, 6.45) is 0.777. The first kappa shape index (κ1) is 14.8. The van der Waals surface area contributed by atoms with Crippen molar-refractivity contribution in [2.45, 2.75) is 25.3 Å². The van der Waals surface area contributed by atoms with Crippen LogP contribution in [0.3, 0.4) is 0 Å². The van der Waals surface area contributed by atoms with Crippen LogP contribution >= 0.6 is 0 Å². The van der Waals surface area contributed by atoms with Crippen molar-refractivity contribution in [1.29, 1.82) is 0 Å². The summed E-state index contributed by atoms with van der Waals surface area (Å²) in [7, 11) is -3.02. The molecule has 1 fully saturated rings. The van der Waals surface area contributed by atoms with Crippen LogP contribution in [-0.2, 0) is 15.4 Å². The number of nitrogens with two attached hydrogens (primary N) is 1. The van der Waals surface area contributed by atoms with E-state index in [1.54, 1.807) is 22.8 Å². The van der Waals surface area contributed by atoms with Gasteiger partial charge in [0.25, 0.3) is 0 Å². The molecule has 0 bridgehead atoms. The zero-order valence-electron chi connectivity index (χ0n) is 12.1. The predicted molar refractivity (Wildman–Crippen MR) is 82.6 cm³/mol. The maximum Gasteiger partial charge on any atom is 0.326 e. The van der Waals surface area contributed by atoms with Gasteiger partial charge in [0, 0.05) is 11.1 Å². The summed E-state index contributed by atoms with van der Waals surface area (Å²) in [5.74, 6) is -0.422. The first-order valence-electron chi connectivity index (χ1n) is 6.97. The molecular weight excluding hydrogens is 306 g/mol. The van der Waals surface area contributed by atoms with Gasteiger partial charge < -0.3 is 10.7 Å². The highest BCUT2D eigenvalue weighted by Crippen LogP contribution is 2.32. The minimum atomic E-state index is -3.02. The molecule has 1 amide bonds. The van der Waals surface area contributed by atoms with E-state index < -0.39 is 21.3 Å². The van der Waals surface area contributed by atoms with Crippen molar-refractivity contribution in [1.82, 2.24) is 9.55 Å². The second-order valence-electron chi connectivity index (χ2n) is 6.01. The molecule has 0 atom stereocenters. The van der Waals surface area contributed by atoms with Crippen LogP contribution < -0.4 is 11.4 Å². The molecule has 1 aromatic carbocycles. The lowest BCUT2D eigenvalue weighted by Crippen LogP contribution is -2.43. The van der Waals surface area contributed by atoms with Crippen LogP contribution in [0.15, 0.2) is 23.0 Å². The lowest BCUT2D eigenvalue weighted by molar-refractivity contribution is 0.100. The number of hydrogen-bond donors (Lipinski definition) is 2. The zero-order valence-corrected chi connectivity index (χ0v) is 12.9. The average Bonchev–Trinajstić information content (AvgIpc) is 2.78. The summed E-state index contributed by atoms with van der Waals surface area (Å²) in [6, 6.07) is 4.78. The van der Waals surface area contributed by atoms with Crippen molar-refractivity contribution >= 4 is 26.8 Å². The number of hydrogen-bond acceptors (Lipinski definition) is 4. The Morgan fingerprint density at radius 3 is 2.55 bits per heavy atom. The Kier molecular flexibility index (Phi) is 3.17. The minimum absolute atomic E-state index is 0.0714. The summed E-state index contributed by atoms with van der Waals surface area (Å²) >= 11 is 0. The van der Waals surface area contributed by atoms with Crippen LogP contribution in [-0.4, -0.2) is 35.4 Å². The molecule has 7 nitrogen and oxygen atoms in total. The molecule has 0 unspecified atom stereocenters. The molecular formula is C14H17N3O4S. The molecule has 0 saturated carbocycles. The largest absolute Gasteiger partial charge is 0.366 e. The van der Waals surface area contributed by atoms with E-state index in [1.165, 1.54) is 0 Å². The standard InChI is InChI=1S/C14H17N3O4S/c1-14(4-6-22(20,21)7-5-14)17-11-3-2-9(12(15)18)8-10(11)16-13(17)19/h2-3,8H,4-7H2,1H3,(H2,15,18)(H,16,19). The maximum atomic E-state index is 12.3. The van der Waals surface area contributed by atoms with Gasteiger partial charge in [0.05, 0.1) is 22.5 Å². The Hall–Kier alpha value is -2.09. The molecule has 0 spiro atoms. The van der Waals surface area contributed by atoms with Crippen molar-refractivity contribution in [3.8, 4) is 0 Å². The first-order valence-corrected chi connectivity index (χ1v) is 8.79. The summed E-state index contributed by atoms with van der Waals surface area (Å²) in [4.78, 5) is 26.3. The molecule has 8 heteroatoms. The maximum absolute atomic E-state index is 12.3. The van der Waals surface area contributed by atoms with Gasteiger partial charge >= 0.3 is 5.69 Å². The molecule has 0 aliphatic carbocycles. The number of nitrogens with zero attached hydrogens (tertiary/aromatic N) is 1. The number of sulfone groups is 1. The lowest BCUT2D eigenvalue weighted by Gasteiger charge is -2.34. The van der Waals surface area contributed by atoms with E-state index >= 15 is 0 Å². The summed E-state index contributed by atoms with van der Waals surface area (Å²) in [5.41, 5.74) is 5.87. The SMILES string of the molecule is CC1(n2c(=O)[nH]c3cc(C(N)=O)ccc32)CCS(=O)(=O)CC1. The highest BCUT2D eigenvalue weighted by molar-refractivity contribution is 7.91. The minimum Gasteiger partial charge on any atom is -0.366 e. The van der Waals surface area contributed by atoms with E-state index in [0.29, 0.717) is 29.4 Å². The molecule has 2 aromatic rings. The van der Waals surface area contributed by atoms with Gasteiger partial charge in [-0.1, -0.05) is 0 Å². The molecule has 0 radical (unpaired) electrons. The molecule has 1 aliphatic heterocycles. The second kappa shape index (κ2) is 4.70. The second-order valence-corrected chi connectivity index (χ2v) is 8.31. The molecule has 3 N–H and O–H groups in total. The van der Waals surface area contributed by atoms with Crippen LogP contribution in [0.25, 0.3) is 11.0 Å². The highest BCUT2D eigenvalue weighted by atomic mass is 32.2. The Morgan fingerprint density at radius 1 is 1.32 bits per heavy atom. The van der Waals surface area contributed by atoms with Gasteiger partial charge in [-0.05, 0) is 38.0 Å². The van der Waals surface area contributed by atoms with Crippen LogP contribution in [0, 0.1) is 0 Å². The van der Waals surface area contributed by atoms with Gasteiger partial charge in [-0.15, -0.1) is 0 Å². The summed E-state index contributed by atoms with van der Waals surface area (Å²) in [5, 5.41) is 0. The Labute approximate surface area is 127 Å². The molecule has 2 heterocycles. The topological polar surface area (TPSA) is 115 Å².